The molecule has 4 nitrogen and oxygen atoms in total. The number of ether oxygens (including phenoxy) is 1. The zero-order chi connectivity index (χ0) is 19.6. The Kier molecular flexibility index (Phi) is 4.75. The van der Waals surface area contributed by atoms with E-state index in [0.29, 0.717) is 33.7 Å². The van der Waals surface area contributed by atoms with Crippen LogP contribution >= 0.6 is 0 Å². The van der Waals surface area contributed by atoms with E-state index in [1.165, 1.54) is 0 Å². The van der Waals surface area contributed by atoms with Crippen LogP contribution in [0.25, 0.3) is 10.9 Å². The van der Waals surface area contributed by atoms with Gasteiger partial charge in [0.05, 0.1) is 20.6 Å². The molecule has 0 aliphatic carbocycles. The molecule has 0 amide bonds. The number of carbonyl (C=O) groups is 1. The molecule has 3 aromatic carbocycles. The van der Waals surface area contributed by atoms with Gasteiger partial charge in [-0.2, -0.15) is 0 Å². The van der Waals surface area contributed by atoms with Crippen LogP contribution in [0.4, 0.5) is 0 Å². The van der Waals surface area contributed by atoms with Gasteiger partial charge in [0.25, 0.3) is 0 Å². The molecule has 1 heterocycles. The SMILES string of the molecule is C=S(=O)(c1ccccc1)n1cc(C=O)c2c(OCc3ccccc3)cccc21. The van der Waals surface area contributed by atoms with Gasteiger partial charge in [-0.05, 0) is 35.7 Å². The Bertz CT molecular complexity index is 1230. The summed E-state index contributed by atoms with van der Waals surface area (Å²) in [6.07, 6.45) is 2.35. The molecule has 0 spiro atoms. The van der Waals surface area contributed by atoms with E-state index in [4.69, 9.17) is 4.74 Å². The van der Waals surface area contributed by atoms with Crippen molar-refractivity contribution in [1.29, 1.82) is 0 Å². The van der Waals surface area contributed by atoms with Crippen LogP contribution in [0.1, 0.15) is 15.9 Å². The minimum absolute atomic E-state index is 0.377. The second kappa shape index (κ2) is 7.37. The van der Waals surface area contributed by atoms with Crippen molar-refractivity contribution in [3.05, 3.63) is 96.2 Å². The Balaban J connectivity index is 1.82. The van der Waals surface area contributed by atoms with E-state index in [1.807, 2.05) is 66.7 Å². The Labute approximate surface area is 164 Å². The molecule has 0 aliphatic rings. The maximum Gasteiger partial charge on any atom is 0.152 e. The first-order chi connectivity index (χ1) is 13.6. The highest BCUT2D eigenvalue weighted by Gasteiger charge is 2.19. The summed E-state index contributed by atoms with van der Waals surface area (Å²) >= 11 is 0. The third-order valence-corrected chi connectivity index (χ3v) is 6.53. The molecular formula is C23H19NO3S. The average Bonchev–Trinajstić information content (AvgIpc) is 3.14. The van der Waals surface area contributed by atoms with Crippen LogP contribution < -0.4 is 4.74 Å². The van der Waals surface area contributed by atoms with Crippen LogP contribution in [-0.2, 0) is 16.3 Å². The minimum Gasteiger partial charge on any atom is -0.488 e. The smallest absolute Gasteiger partial charge is 0.152 e. The summed E-state index contributed by atoms with van der Waals surface area (Å²) in [5, 5.41) is 0.640. The molecular weight excluding hydrogens is 370 g/mol. The molecule has 1 aromatic heterocycles. The van der Waals surface area contributed by atoms with E-state index in [9.17, 15) is 9.00 Å². The predicted octanol–water partition coefficient (Wildman–Crippen LogP) is 4.57. The molecule has 1 unspecified atom stereocenters. The number of hydrogen-bond donors (Lipinski definition) is 0. The number of rotatable bonds is 6. The molecule has 0 aliphatic heterocycles. The van der Waals surface area contributed by atoms with Crippen molar-refractivity contribution in [2.45, 2.75) is 11.5 Å². The first-order valence-electron chi connectivity index (χ1n) is 8.80. The molecule has 28 heavy (non-hydrogen) atoms. The fraction of sp³-hybridized carbons (Fsp3) is 0.0435. The highest BCUT2D eigenvalue weighted by Crippen LogP contribution is 2.32. The standard InChI is InChI=1S/C23H19NO3S/c1-28(26,20-11-6-3-7-12-20)24-15-19(16-25)23-21(24)13-8-14-22(23)27-17-18-9-4-2-5-10-18/h2-16H,1,17H2. The fourth-order valence-electron chi connectivity index (χ4n) is 3.19. The van der Waals surface area contributed by atoms with Crippen LogP contribution in [0.15, 0.2) is 90.0 Å². The van der Waals surface area contributed by atoms with Gasteiger partial charge in [-0.15, -0.1) is 0 Å². The number of fused-ring (bicyclic) bond motifs is 1. The molecule has 140 valence electrons. The molecule has 0 radical (unpaired) electrons. The van der Waals surface area contributed by atoms with Crippen molar-refractivity contribution < 1.29 is 13.7 Å². The molecule has 0 bridgehead atoms. The summed E-state index contributed by atoms with van der Waals surface area (Å²) in [5.74, 6) is 4.54. The van der Waals surface area contributed by atoms with Gasteiger partial charge in [0.15, 0.2) is 6.29 Å². The first-order valence-corrected chi connectivity index (χ1v) is 10.5. The monoisotopic (exact) mass is 389 g/mol. The van der Waals surface area contributed by atoms with Crippen LogP contribution in [0, 0.1) is 0 Å². The molecule has 0 N–H and O–H groups in total. The summed E-state index contributed by atoms with van der Waals surface area (Å²) < 4.78 is 21.1. The van der Waals surface area contributed by atoms with E-state index in [-0.39, 0.29) is 0 Å². The Morgan fingerprint density at radius 2 is 1.61 bits per heavy atom. The first kappa shape index (κ1) is 18.1. The zero-order valence-corrected chi connectivity index (χ0v) is 16.0. The fourth-order valence-corrected chi connectivity index (χ4v) is 4.75. The van der Waals surface area contributed by atoms with Gasteiger partial charge in [-0.1, -0.05) is 54.6 Å². The number of aromatic nitrogens is 1. The number of nitrogens with zero attached hydrogens (tertiary/aromatic N) is 1. The van der Waals surface area contributed by atoms with Crippen molar-refractivity contribution in [2.75, 3.05) is 0 Å². The normalized spacial score (nSPS) is 13.1. The predicted molar refractivity (Wildman–Crippen MR) is 113 cm³/mol. The van der Waals surface area contributed by atoms with Gasteiger partial charge in [0.2, 0.25) is 0 Å². The third-order valence-electron chi connectivity index (χ3n) is 4.58. The third kappa shape index (κ3) is 3.21. The van der Waals surface area contributed by atoms with Gasteiger partial charge in [-0.25, -0.2) is 4.21 Å². The lowest BCUT2D eigenvalue weighted by atomic mass is 10.1. The molecule has 5 heteroatoms. The van der Waals surface area contributed by atoms with E-state index in [0.717, 1.165) is 11.8 Å². The van der Waals surface area contributed by atoms with E-state index >= 15 is 0 Å². The highest BCUT2D eigenvalue weighted by molar-refractivity contribution is 7.99. The largest absolute Gasteiger partial charge is 0.488 e. The summed E-state index contributed by atoms with van der Waals surface area (Å²) in [6.45, 7) is 0.377. The topological polar surface area (TPSA) is 48.3 Å². The second-order valence-electron chi connectivity index (χ2n) is 6.41. The van der Waals surface area contributed by atoms with E-state index in [2.05, 4.69) is 5.87 Å². The van der Waals surface area contributed by atoms with Crippen LogP contribution in [0.5, 0.6) is 5.75 Å². The molecule has 4 aromatic rings. The molecule has 0 fully saturated rings. The minimum atomic E-state index is -2.84. The highest BCUT2D eigenvalue weighted by atomic mass is 32.2. The van der Waals surface area contributed by atoms with Crippen molar-refractivity contribution in [3.8, 4) is 5.75 Å². The number of aldehydes is 1. The molecule has 0 saturated carbocycles. The average molecular weight is 389 g/mol. The summed E-state index contributed by atoms with van der Waals surface area (Å²) in [4.78, 5) is 12.3. The summed E-state index contributed by atoms with van der Waals surface area (Å²) in [5.41, 5.74) is 2.10. The van der Waals surface area contributed by atoms with Crippen LogP contribution in [0.3, 0.4) is 0 Å². The van der Waals surface area contributed by atoms with Crippen molar-refractivity contribution in [1.82, 2.24) is 3.97 Å². The number of hydrogen-bond acceptors (Lipinski definition) is 3. The van der Waals surface area contributed by atoms with E-state index < -0.39 is 9.71 Å². The Morgan fingerprint density at radius 3 is 2.29 bits per heavy atom. The molecule has 0 saturated heterocycles. The lowest BCUT2D eigenvalue weighted by molar-refractivity contribution is 0.112. The van der Waals surface area contributed by atoms with Crippen molar-refractivity contribution in [2.24, 2.45) is 0 Å². The Hall–Kier alpha value is -3.31. The molecule has 4 rings (SSSR count). The second-order valence-corrected chi connectivity index (χ2v) is 8.55. The zero-order valence-electron chi connectivity index (χ0n) is 15.2. The van der Waals surface area contributed by atoms with Crippen molar-refractivity contribution >= 4 is 32.8 Å². The number of carbonyl (C=O) groups excluding carboxylic acids is 1. The summed E-state index contributed by atoms with van der Waals surface area (Å²) in [7, 11) is -2.84. The van der Waals surface area contributed by atoms with E-state index in [1.54, 1.807) is 22.3 Å². The molecule has 1 atom stereocenters. The Morgan fingerprint density at radius 1 is 0.929 bits per heavy atom. The van der Waals surface area contributed by atoms with Gasteiger partial charge in [0.1, 0.15) is 12.4 Å². The maximum atomic E-state index is 13.5. The van der Waals surface area contributed by atoms with Crippen LogP contribution in [-0.4, -0.2) is 20.3 Å². The summed E-state index contributed by atoms with van der Waals surface area (Å²) in [6, 6.07) is 24.3. The van der Waals surface area contributed by atoms with Gasteiger partial charge in [0, 0.05) is 16.7 Å². The van der Waals surface area contributed by atoms with Crippen molar-refractivity contribution in [3.63, 3.8) is 0 Å². The van der Waals surface area contributed by atoms with Crippen LogP contribution in [0.2, 0.25) is 0 Å². The van der Waals surface area contributed by atoms with Gasteiger partial charge >= 0.3 is 0 Å². The van der Waals surface area contributed by atoms with Gasteiger partial charge in [-0.3, -0.25) is 8.77 Å². The lowest BCUT2D eigenvalue weighted by Gasteiger charge is -2.13. The quantitative estimate of drug-likeness (QED) is 0.358. The maximum absolute atomic E-state index is 13.5. The van der Waals surface area contributed by atoms with Gasteiger partial charge < -0.3 is 4.74 Å². The number of benzene rings is 3. The lowest BCUT2D eigenvalue weighted by Crippen LogP contribution is -2.11.